The first-order chi connectivity index (χ1) is 8.93. The summed E-state index contributed by atoms with van der Waals surface area (Å²) in [5.41, 5.74) is 0. The molecule has 0 atom stereocenters. The first-order valence-corrected chi connectivity index (χ1v) is 8.94. The van der Waals surface area contributed by atoms with E-state index in [0.29, 0.717) is 0 Å². The number of rotatable bonds is 12. The van der Waals surface area contributed by atoms with Crippen LogP contribution < -0.4 is 0 Å². The lowest BCUT2D eigenvalue weighted by atomic mass is 10.1. The van der Waals surface area contributed by atoms with Gasteiger partial charge in [-0.15, -0.1) is 0 Å². The maximum Gasteiger partial charge on any atom is 0.0324 e. The quantitative estimate of drug-likeness (QED) is 0.326. The second kappa shape index (κ2) is 12.0. The Morgan fingerprint density at radius 2 is 1.50 bits per heavy atom. The van der Waals surface area contributed by atoms with Crippen molar-refractivity contribution in [2.45, 2.75) is 77.6 Å². The highest BCUT2D eigenvalue weighted by molar-refractivity contribution is 7.97. The average molecular weight is 269 g/mol. The Hall–Kier alpha value is -0.110. The van der Waals surface area contributed by atoms with Gasteiger partial charge in [-0.05, 0) is 12.8 Å². The monoisotopic (exact) mass is 269 g/mol. The van der Waals surface area contributed by atoms with Crippen LogP contribution >= 0.6 is 11.9 Å². The Kier molecular flexibility index (Phi) is 10.6. The van der Waals surface area contributed by atoms with Crippen LogP contribution in [-0.4, -0.2) is 16.6 Å². The molecular weight excluding hydrogens is 238 g/mol. The molecule has 106 valence electrons. The lowest BCUT2D eigenvalue weighted by molar-refractivity contribution is 0.562. The van der Waals surface area contributed by atoms with Crippen molar-refractivity contribution in [1.29, 1.82) is 0 Å². The molecule has 0 aromatic rings. The van der Waals surface area contributed by atoms with Gasteiger partial charge in [-0.1, -0.05) is 82.7 Å². The molecule has 18 heavy (non-hydrogen) atoms. The van der Waals surface area contributed by atoms with E-state index in [1.807, 2.05) is 11.9 Å². The number of hydrogen-bond donors (Lipinski definition) is 0. The number of nitrogens with zero attached hydrogens (tertiary/aromatic N) is 1. The van der Waals surface area contributed by atoms with E-state index in [-0.39, 0.29) is 0 Å². The van der Waals surface area contributed by atoms with E-state index >= 15 is 0 Å². The highest BCUT2D eigenvalue weighted by atomic mass is 32.2. The van der Waals surface area contributed by atoms with Crippen molar-refractivity contribution in [2.24, 2.45) is 0 Å². The molecule has 0 N–H and O–H groups in total. The molecule has 1 rings (SSSR count). The fraction of sp³-hybridized carbons (Fsp3) is 0.875. The zero-order chi connectivity index (χ0) is 12.9. The van der Waals surface area contributed by atoms with Crippen LogP contribution in [-0.2, 0) is 0 Å². The van der Waals surface area contributed by atoms with Crippen molar-refractivity contribution >= 4 is 11.9 Å². The van der Waals surface area contributed by atoms with Crippen LogP contribution in [0, 0.1) is 0 Å². The van der Waals surface area contributed by atoms with Gasteiger partial charge in [0, 0.05) is 18.5 Å². The summed E-state index contributed by atoms with van der Waals surface area (Å²) in [6, 6.07) is 0. The van der Waals surface area contributed by atoms with E-state index in [1.165, 1.54) is 82.9 Å². The molecule has 0 spiro atoms. The van der Waals surface area contributed by atoms with Crippen molar-refractivity contribution < 1.29 is 0 Å². The molecule has 0 saturated carbocycles. The summed E-state index contributed by atoms with van der Waals surface area (Å²) in [4.78, 5) is 0. The fourth-order valence-electron chi connectivity index (χ4n) is 2.35. The second-order valence-electron chi connectivity index (χ2n) is 5.33. The minimum Gasteiger partial charge on any atom is -0.323 e. The van der Waals surface area contributed by atoms with Crippen LogP contribution in [0.1, 0.15) is 77.6 Å². The number of hydrogen-bond acceptors (Lipinski definition) is 2. The molecular formula is C16H31NS. The lowest BCUT2D eigenvalue weighted by Crippen LogP contribution is -2.04. The van der Waals surface area contributed by atoms with Crippen LogP contribution in [0.4, 0.5) is 0 Å². The SMILES string of the molecule is CCCCCCCCCCCCSN1C=CCC1. The molecule has 0 bridgehead atoms. The largest absolute Gasteiger partial charge is 0.323 e. The predicted molar refractivity (Wildman–Crippen MR) is 84.8 cm³/mol. The first-order valence-electron chi connectivity index (χ1n) is 7.99. The first kappa shape index (κ1) is 15.9. The fourth-order valence-corrected chi connectivity index (χ4v) is 3.32. The smallest absolute Gasteiger partial charge is 0.0324 e. The third-order valence-corrected chi connectivity index (χ3v) is 4.65. The summed E-state index contributed by atoms with van der Waals surface area (Å²) in [6.45, 7) is 3.51. The second-order valence-corrected chi connectivity index (χ2v) is 6.46. The maximum atomic E-state index is 2.38. The third kappa shape index (κ3) is 8.91. The normalized spacial score (nSPS) is 14.6. The van der Waals surface area contributed by atoms with Gasteiger partial charge in [0.15, 0.2) is 0 Å². The van der Waals surface area contributed by atoms with Crippen molar-refractivity contribution in [3.05, 3.63) is 12.3 Å². The topological polar surface area (TPSA) is 3.24 Å². The zero-order valence-electron chi connectivity index (χ0n) is 12.2. The molecule has 0 unspecified atom stereocenters. The third-order valence-electron chi connectivity index (χ3n) is 3.54. The van der Waals surface area contributed by atoms with Gasteiger partial charge in [-0.2, -0.15) is 0 Å². The van der Waals surface area contributed by atoms with Gasteiger partial charge in [0.25, 0.3) is 0 Å². The van der Waals surface area contributed by atoms with Crippen molar-refractivity contribution in [2.75, 3.05) is 12.3 Å². The molecule has 0 aromatic heterocycles. The van der Waals surface area contributed by atoms with Gasteiger partial charge in [0.05, 0.1) is 0 Å². The molecule has 1 nitrogen and oxygen atoms in total. The van der Waals surface area contributed by atoms with E-state index in [9.17, 15) is 0 Å². The summed E-state index contributed by atoms with van der Waals surface area (Å²) in [7, 11) is 0. The minimum absolute atomic E-state index is 1.22. The van der Waals surface area contributed by atoms with Crippen molar-refractivity contribution in [1.82, 2.24) is 4.31 Å². The van der Waals surface area contributed by atoms with E-state index in [2.05, 4.69) is 23.5 Å². The summed E-state index contributed by atoms with van der Waals surface area (Å²) in [6.07, 6.45) is 20.1. The molecule has 0 amide bonds. The molecule has 1 aliphatic rings. The highest BCUT2D eigenvalue weighted by Gasteiger charge is 2.03. The zero-order valence-corrected chi connectivity index (χ0v) is 13.0. The van der Waals surface area contributed by atoms with Crippen LogP contribution in [0.2, 0.25) is 0 Å². The summed E-state index contributed by atoms with van der Waals surface area (Å²) in [5, 5.41) is 0. The highest BCUT2D eigenvalue weighted by Crippen LogP contribution is 2.18. The molecule has 0 saturated heterocycles. The van der Waals surface area contributed by atoms with Gasteiger partial charge in [-0.3, -0.25) is 0 Å². The molecule has 0 fully saturated rings. The molecule has 1 aliphatic heterocycles. The Bertz CT molecular complexity index is 203. The summed E-state index contributed by atoms with van der Waals surface area (Å²) < 4.78 is 2.38. The van der Waals surface area contributed by atoms with E-state index in [1.54, 1.807) is 0 Å². The standard InChI is InChI=1S/C16H31NS/c1-2-3-4-5-6-7-8-9-10-13-16-18-17-14-11-12-15-17/h11,14H,2-10,12-13,15-16H2,1H3. The van der Waals surface area contributed by atoms with Crippen LogP contribution in [0.25, 0.3) is 0 Å². The summed E-state index contributed by atoms with van der Waals surface area (Å²) in [5.74, 6) is 1.31. The lowest BCUT2D eigenvalue weighted by Gasteiger charge is -2.13. The Labute approximate surface area is 119 Å². The Balaban J connectivity index is 1.69. The Morgan fingerprint density at radius 3 is 2.06 bits per heavy atom. The van der Waals surface area contributed by atoms with Gasteiger partial charge in [0.1, 0.15) is 0 Å². The summed E-state index contributed by atoms with van der Waals surface area (Å²) >= 11 is 2.01. The molecule has 0 radical (unpaired) electrons. The van der Waals surface area contributed by atoms with Gasteiger partial charge < -0.3 is 4.31 Å². The van der Waals surface area contributed by atoms with E-state index in [0.717, 1.165) is 0 Å². The van der Waals surface area contributed by atoms with Gasteiger partial charge >= 0.3 is 0 Å². The van der Waals surface area contributed by atoms with Gasteiger partial charge in [0.2, 0.25) is 0 Å². The number of unbranched alkanes of at least 4 members (excludes halogenated alkanes) is 9. The van der Waals surface area contributed by atoms with E-state index in [4.69, 9.17) is 0 Å². The maximum absolute atomic E-state index is 2.38. The van der Waals surface area contributed by atoms with Crippen LogP contribution in [0.15, 0.2) is 12.3 Å². The minimum atomic E-state index is 1.22. The van der Waals surface area contributed by atoms with Crippen molar-refractivity contribution in [3.8, 4) is 0 Å². The van der Waals surface area contributed by atoms with Gasteiger partial charge in [-0.25, -0.2) is 0 Å². The molecule has 0 aliphatic carbocycles. The molecule has 0 aromatic carbocycles. The predicted octanol–water partition coefficient (Wildman–Crippen LogP) is 5.77. The van der Waals surface area contributed by atoms with Crippen LogP contribution in [0.5, 0.6) is 0 Å². The molecule has 1 heterocycles. The Morgan fingerprint density at radius 1 is 0.889 bits per heavy atom. The van der Waals surface area contributed by atoms with E-state index < -0.39 is 0 Å². The average Bonchev–Trinajstić information content (AvgIpc) is 2.89. The molecule has 2 heteroatoms. The van der Waals surface area contributed by atoms with Crippen LogP contribution in [0.3, 0.4) is 0 Å². The van der Waals surface area contributed by atoms with Crippen molar-refractivity contribution in [3.63, 3.8) is 0 Å².